The molecular formula is C11H15FO. The monoisotopic (exact) mass is 182 g/mol. The molecular weight excluding hydrogens is 167 g/mol. The Balaban J connectivity index is 3.01. The topological polar surface area (TPSA) is 20.2 Å². The van der Waals surface area contributed by atoms with Crippen molar-refractivity contribution in [3.8, 4) is 0 Å². The van der Waals surface area contributed by atoms with E-state index in [1.165, 1.54) is 6.07 Å². The molecule has 1 aromatic carbocycles. The first-order valence-electron chi connectivity index (χ1n) is 4.44. The Morgan fingerprint density at radius 3 is 2.46 bits per heavy atom. The van der Waals surface area contributed by atoms with E-state index in [2.05, 4.69) is 0 Å². The van der Waals surface area contributed by atoms with Crippen LogP contribution in [0.25, 0.3) is 0 Å². The van der Waals surface area contributed by atoms with Crippen molar-refractivity contribution in [2.45, 2.75) is 33.3 Å². The summed E-state index contributed by atoms with van der Waals surface area (Å²) in [5.41, 5.74) is 2.57. The number of aliphatic hydroxyl groups excluding tert-OH is 1. The minimum absolute atomic E-state index is 0.174. The van der Waals surface area contributed by atoms with E-state index in [-0.39, 0.29) is 11.9 Å². The van der Waals surface area contributed by atoms with Crippen LogP contribution in [0.5, 0.6) is 0 Å². The molecule has 0 saturated heterocycles. The second-order valence-corrected chi connectivity index (χ2v) is 3.58. The molecule has 0 saturated carbocycles. The molecule has 2 heteroatoms. The van der Waals surface area contributed by atoms with Crippen LogP contribution < -0.4 is 0 Å². The summed E-state index contributed by atoms with van der Waals surface area (Å²) in [5.74, 6) is -0.174. The van der Waals surface area contributed by atoms with Crippen molar-refractivity contribution in [2.24, 2.45) is 0 Å². The zero-order chi connectivity index (χ0) is 10.0. The quantitative estimate of drug-likeness (QED) is 0.744. The highest BCUT2D eigenvalue weighted by atomic mass is 19.1. The summed E-state index contributed by atoms with van der Waals surface area (Å²) in [6.07, 6.45) is 0.219. The van der Waals surface area contributed by atoms with E-state index >= 15 is 0 Å². The van der Waals surface area contributed by atoms with Gasteiger partial charge in [-0.2, -0.15) is 0 Å². The third kappa shape index (κ3) is 2.52. The SMILES string of the molecule is Cc1cc(CC(C)O)c(C)cc1F. The van der Waals surface area contributed by atoms with Crippen molar-refractivity contribution < 1.29 is 9.50 Å². The fourth-order valence-electron chi connectivity index (χ4n) is 1.38. The highest BCUT2D eigenvalue weighted by molar-refractivity contribution is 5.32. The number of aliphatic hydroxyl groups is 1. The lowest BCUT2D eigenvalue weighted by Gasteiger charge is -2.09. The van der Waals surface area contributed by atoms with Crippen LogP contribution in [0.1, 0.15) is 23.6 Å². The van der Waals surface area contributed by atoms with Crippen molar-refractivity contribution in [3.63, 3.8) is 0 Å². The molecule has 0 aromatic heterocycles. The predicted octanol–water partition coefficient (Wildman–Crippen LogP) is 2.37. The maximum Gasteiger partial charge on any atom is 0.126 e. The van der Waals surface area contributed by atoms with Crippen molar-refractivity contribution in [2.75, 3.05) is 0 Å². The molecule has 1 nitrogen and oxygen atoms in total. The van der Waals surface area contributed by atoms with Crippen LogP contribution in [-0.4, -0.2) is 11.2 Å². The maximum absolute atomic E-state index is 13.0. The lowest BCUT2D eigenvalue weighted by atomic mass is 10.0. The van der Waals surface area contributed by atoms with Crippen LogP contribution in [0.4, 0.5) is 4.39 Å². The number of benzene rings is 1. The molecule has 0 aliphatic carbocycles. The first-order valence-corrected chi connectivity index (χ1v) is 4.44. The Bertz CT molecular complexity index is 305. The molecule has 0 fully saturated rings. The van der Waals surface area contributed by atoms with Gasteiger partial charge in [-0.05, 0) is 49.9 Å². The van der Waals surface area contributed by atoms with Gasteiger partial charge in [-0.25, -0.2) is 4.39 Å². The summed E-state index contributed by atoms with van der Waals surface area (Å²) >= 11 is 0. The van der Waals surface area contributed by atoms with Gasteiger partial charge in [0, 0.05) is 0 Å². The second kappa shape index (κ2) is 3.88. The Kier molecular flexibility index (Phi) is 3.04. The fourth-order valence-corrected chi connectivity index (χ4v) is 1.38. The molecule has 0 aliphatic heterocycles. The first kappa shape index (κ1) is 10.2. The number of hydrogen-bond donors (Lipinski definition) is 1. The van der Waals surface area contributed by atoms with Gasteiger partial charge in [0.25, 0.3) is 0 Å². The molecule has 1 rings (SSSR count). The minimum atomic E-state index is -0.372. The molecule has 72 valence electrons. The first-order chi connectivity index (χ1) is 6.00. The summed E-state index contributed by atoms with van der Waals surface area (Å²) < 4.78 is 13.0. The van der Waals surface area contributed by atoms with E-state index in [1.807, 2.05) is 6.92 Å². The molecule has 1 atom stereocenters. The number of rotatable bonds is 2. The summed E-state index contributed by atoms with van der Waals surface area (Å²) in [4.78, 5) is 0. The van der Waals surface area contributed by atoms with E-state index in [0.29, 0.717) is 12.0 Å². The van der Waals surface area contributed by atoms with Crippen LogP contribution in [0.15, 0.2) is 12.1 Å². The largest absolute Gasteiger partial charge is 0.393 e. The third-order valence-electron chi connectivity index (χ3n) is 2.13. The lowest BCUT2D eigenvalue weighted by molar-refractivity contribution is 0.195. The highest BCUT2D eigenvalue weighted by Gasteiger charge is 2.06. The van der Waals surface area contributed by atoms with Gasteiger partial charge in [0.05, 0.1) is 6.10 Å². The van der Waals surface area contributed by atoms with Crippen LogP contribution in [0, 0.1) is 19.7 Å². The fraction of sp³-hybridized carbons (Fsp3) is 0.455. The standard InChI is InChI=1S/C11H15FO/c1-7-5-11(12)8(2)4-10(7)6-9(3)13/h4-5,9,13H,6H2,1-3H3. The minimum Gasteiger partial charge on any atom is -0.393 e. The van der Waals surface area contributed by atoms with Gasteiger partial charge in [-0.15, -0.1) is 0 Å². The summed E-state index contributed by atoms with van der Waals surface area (Å²) in [5, 5.41) is 9.20. The van der Waals surface area contributed by atoms with E-state index in [0.717, 1.165) is 11.1 Å². The Labute approximate surface area is 78.2 Å². The summed E-state index contributed by atoms with van der Waals surface area (Å²) in [7, 11) is 0. The van der Waals surface area contributed by atoms with Gasteiger partial charge >= 0.3 is 0 Å². The highest BCUT2D eigenvalue weighted by Crippen LogP contribution is 2.16. The van der Waals surface area contributed by atoms with Crippen LogP contribution in [0.2, 0.25) is 0 Å². The van der Waals surface area contributed by atoms with Gasteiger partial charge < -0.3 is 5.11 Å². The molecule has 0 amide bonds. The van der Waals surface area contributed by atoms with Gasteiger partial charge in [-0.1, -0.05) is 6.07 Å². The van der Waals surface area contributed by atoms with Crippen molar-refractivity contribution in [3.05, 3.63) is 34.6 Å². The van der Waals surface area contributed by atoms with Gasteiger partial charge in [0.15, 0.2) is 0 Å². The third-order valence-corrected chi connectivity index (χ3v) is 2.13. The normalized spacial score (nSPS) is 13.0. The summed E-state index contributed by atoms with van der Waals surface area (Å²) in [6, 6.07) is 3.32. The zero-order valence-corrected chi connectivity index (χ0v) is 8.26. The van der Waals surface area contributed by atoms with Gasteiger partial charge in [0.1, 0.15) is 5.82 Å². The van der Waals surface area contributed by atoms with Crippen molar-refractivity contribution >= 4 is 0 Å². The molecule has 1 aromatic rings. The van der Waals surface area contributed by atoms with Gasteiger partial charge in [0.2, 0.25) is 0 Å². The number of aryl methyl sites for hydroxylation is 2. The van der Waals surface area contributed by atoms with Crippen molar-refractivity contribution in [1.82, 2.24) is 0 Å². The average molecular weight is 182 g/mol. The Morgan fingerprint density at radius 1 is 1.31 bits per heavy atom. The molecule has 0 heterocycles. The van der Waals surface area contributed by atoms with E-state index in [4.69, 9.17) is 0 Å². The Morgan fingerprint density at radius 2 is 1.92 bits per heavy atom. The molecule has 0 radical (unpaired) electrons. The molecule has 0 bridgehead atoms. The number of halogens is 1. The zero-order valence-electron chi connectivity index (χ0n) is 8.26. The van der Waals surface area contributed by atoms with E-state index in [1.54, 1.807) is 19.9 Å². The maximum atomic E-state index is 13.0. The smallest absolute Gasteiger partial charge is 0.126 e. The molecule has 0 aliphatic rings. The molecule has 13 heavy (non-hydrogen) atoms. The second-order valence-electron chi connectivity index (χ2n) is 3.58. The Hall–Kier alpha value is -0.890. The predicted molar refractivity (Wildman–Crippen MR) is 51.3 cm³/mol. The van der Waals surface area contributed by atoms with Gasteiger partial charge in [-0.3, -0.25) is 0 Å². The number of hydrogen-bond acceptors (Lipinski definition) is 1. The van der Waals surface area contributed by atoms with Crippen LogP contribution >= 0.6 is 0 Å². The average Bonchev–Trinajstić information content (AvgIpc) is 1.99. The van der Waals surface area contributed by atoms with Crippen LogP contribution in [0.3, 0.4) is 0 Å². The molecule has 1 unspecified atom stereocenters. The molecule has 1 N–H and O–H groups in total. The summed E-state index contributed by atoms with van der Waals surface area (Å²) in [6.45, 7) is 5.33. The molecule has 0 spiro atoms. The van der Waals surface area contributed by atoms with Crippen LogP contribution in [-0.2, 0) is 6.42 Å². The van der Waals surface area contributed by atoms with E-state index in [9.17, 15) is 9.50 Å². The van der Waals surface area contributed by atoms with E-state index < -0.39 is 0 Å². The lowest BCUT2D eigenvalue weighted by Crippen LogP contribution is -2.06. The van der Waals surface area contributed by atoms with Crippen molar-refractivity contribution in [1.29, 1.82) is 0 Å².